The van der Waals surface area contributed by atoms with E-state index in [-0.39, 0.29) is 0 Å². The van der Waals surface area contributed by atoms with Crippen LogP contribution in [-0.2, 0) is 0 Å². The first kappa shape index (κ1) is 10.4. The number of rotatable bonds is 2. The van der Waals surface area contributed by atoms with Crippen LogP contribution in [0.25, 0.3) is 0 Å². The number of nitrogens with one attached hydrogen (secondary N) is 1. The Kier molecular flexibility index (Phi) is 3.82. The first-order valence-corrected chi connectivity index (χ1v) is 6.32. The van der Waals surface area contributed by atoms with Crippen molar-refractivity contribution < 1.29 is 0 Å². The summed E-state index contributed by atoms with van der Waals surface area (Å²) >= 11 is 0. The third-order valence-corrected chi connectivity index (χ3v) is 3.98. The zero-order valence-electron chi connectivity index (χ0n) is 9.47. The van der Waals surface area contributed by atoms with Crippen LogP contribution in [0.1, 0.15) is 39.0 Å². The summed E-state index contributed by atoms with van der Waals surface area (Å²) in [5.74, 6) is 0.904. The molecule has 0 bridgehead atoms. The number of piperidine rings is 2. The molecular formula is C12H24N2. The summed E-state index contributed by atoms with van der Waals surface area (Å²) in [6.07, 6.45) is 7.11. The van der Waals surface area contributed by atoms with Gasteiger partial charge in [-0.3, -0.25) is 0 Å². The molecule has 2 nitrogen and oxygen atoms in total. The predicted octanol–water partition coefficient (Wildman–Crippen LogP) is 1.86. The molecule has 14 heavy (non-hydrogen) atoms. The zero-order valence-corrected chi connectivity index (χ0v) is 9.47. The van der Waals surface area contributed by atoms with Gasteiger partial charge >= 0.3 is 0 Å². The molecule has 0 aliphatic carbocycles. The van der Waals surface area contributed by atoms with Gasteiger partial charge in [0, 0.05) is 6.04 Å². The molecule has 0 amide bonds. The van der Waals surface area contributed by atoms with Crippen LogP contribution in [0.4, 0.5) is 0 Å². The van der Waals surface area contributed by atoms with Crippen LogP contribution in [0, 0.1) is 5.92 Å². The quantitative estimate of drug-likeness (QED) is 0.725. The molecule has 2 unspecified atom stereocenters. The van der Waals surface area contributed by atoms with E-state index in [1.807, 2.05) is 0 Å². The van der Waals surface area contributed by atoms with Gasteiger partial charge in [-0.05, 0) is 64.7 Å². The predicted molar refractivity (Wildman–Crippen MR) is 60.5 cm³/mol. The number of likely N-dealkylation sites (tertiary alicyclic amines) is 1. The van der Waals surface area contributed by atoms with Crippen molar-refractivity contribution in [2.75, 3.05) is 26.2 Å². The van der Waals surface area contributed by atoms with Crippen molar-refractivity contribution in [3.63, 3.8) is 0 Å². The van der Waals surface area contributed by atoms with Crippen LogP contribution >= 0.6 is 0 Å². The zero-order chi connectivity index (χ0) is 9.80. The lowest BCUT2D eigenvalue weighted by Crippen LogP contribution is -2.46. The fourth-order valence-corrected chi connectivity index (χ4v) is 2.91. The highest BCUT2D eigenvalue weighted by Crippen LogP contribution is 2.21. The highest BCUT2D eigenvalue weighted by atomic mass is 15.2. The summed E-state index contributed by atoms with van der Waals surface area (Å²) in [6, 6.07) is 0.808. The second-order valence-electron chi connectivity index (χ2n) is 4.94. The average molecular weight is 196 g/mol. The van der Waals surface area contributed by atoms with Crippen LogP contribution < -0.4 is 5.32 Å². The van der Waals surface area contributed by atoms with E-state index in [9.17, 15) is 0 Å². The summed E-state index contributed by atoms with van der Waals surface area (Å²) in [6.45, 7) is 7.61. The van der Waals surface area contributed by atoms with Crippen molar-refractivity contribution in [2.45, 2.75) is 45.1 Å². The minimum atomic E-state index is 0.808. The first-order chi connectivity index (χ1) is 6.88. The lowest BCUT2D eigenvalue weighted by atomic mass is 9.91. The van der Waals surface area contributed by atoms with Gasteiger partial charge in [0.1, 0.15) is 0 Å². The summed E-state index contributed by atoms with van der Waals surface area (Å²) in [7, 11) is 0. The van der Waals surface area contributed by atoms with E-state index < -0.39 is 0 Å². The molecule has 2 atom stereocenters. The lowest BCUT2D eigenvalue weighted by Gasteiger charge is -2.38. The molecule has 2 rings (SSSR count). The van der Waals surface area contributed by atoms with E-state index in [1.54, 1.807) is 0 Å². The van der Waals surface area contributed by atoms with Crippen LogP contribution in [0.15, 0.2) is 0 Å². The van der Waals surface area contributed by atoms with Crippen LogP contribution in [0.5, 0.6) is 0 Å². The molecule has 1 N–H and O–H groups in total. The molecule has 2 aliphatic heterocycles. The minimum Gasteiger partial charge on any atom is -0.316 e. The minimum absolute atomic E-state index is 0.808. The van der Waals surface area contributed by atoms with Crippen molar-refractivity contribution >= 4 is 0 Å². The van der Waals surface area contributed by atoms with Crippen molar-refractivity contribution in [3.8, 4) is 0 Å². The van der Waals surface area contributed by atoms with Crippen LogP contribution in [0.3, 0.4) is 0 Å². The van der Waals surface area contributed by atoms with Gasteiger partial charge in [0.15, 0.2) is 0 Å². The highest BCUT2D eigenvalue weighted by molar-refractivity contribution is 4.81. The SMILES string of the molecule is CC(C1CCCNC1)N1CCCCC1. The Balaban J connectivity index is 1.82. The smallest absolute Gasteiger partial charge is 0.0107 e. The van der Waals surface area contributed by atoms with Gasteiger partial charge in [-0.15, -0.1) is 0 Å². The summed E-state index contributed by atoms with van der Waals surface area (Å²) < 4.78 is 0. The van der Waals surface area contributed by atoms with Crippen molar-refractivity contribution in [3.05, 3.63) is 0 Å². The molecule has 2 saturated heterocycles. The Bertz CT molecular complexity index is 140. The Hall–Kier alpha value is -0.0800. The maximum absolute atomic E-state index is 3.53. The third kappa shape index (κ3) is 2.48. The molecular weight excluding hydrogens is 172 g/mol. The summed E-state index contributed by atoms with van der Waals surface area (Å²) in [4.78, 5) is 2.71. The van der Waals surface area contributed by atoms with Gasteiger partial charge in [0.25, 0.3) is 0 Å². The fourth-order valence-electron chi connectivity index (χ4n) is 2.91. The second-order valence-corrected chi connectivity index (χ2v) is 4.94. The average Bonchev–Trinajstić information content (AvgIpc) is 2.30. The van der Waals surface area contributed by atoms with Crippen molar-refractivity contribution in [1.29, 1.82) is 0 Å². The van der Waals surface area contributed by atoms with Gasteiger partial charge in [0.05, 0.1) is 0 Å². The normalized spacial score (nSPS) is 32.8. The summed E-state index contributed by atoms with van der Waals surface area (Å²) in [5.41, 5.74) is 0. The monoisotopic (exact) mass is 196 g/mol. The molecule has 2 heterocycles. The molecule has 0 aromatic heterocycles. The van der Waals surface area contributed by atoms with Crippen LogP contribution in [0.2, 0.25) is 0 Å². The Morgan fingerprint density at radius 3 is 2.57 bits per heavy atom. The molecule has 0 spiro atoms. The molecule has 0 radical (unpaired) electrons. The Morgan fingerprint density at radius 2 is 1.93 bits per heavy atom. The van der Waals surface area contributed by atoms with Gasteiger partial charge in [0.2, 0.25) is 0 Å². The maximum atomic E-state index is 3.53. The largest absolute Gasteiger partial charge is 0.316 e. The molecule has 2 aliphatic rings. The van der Waals surface area contributed by atoms with E-state index in [1.165, 1.54) is 58.3 Å². The van der Waals surface area contributed by atoms with E-state index in [0.29, 0.717) is 0 Å². The van der Waals surface area contributed by atoms with E-state index >= 15 is 0 Å². The maximum Gasteiger partial charge on any atom is 0.0107 e. The summed E-state index contributed by atoms with van der Waals surface area (Å²) in [5, 5.41) is 3.53. The van der Waals surface area contributed by atoms with Crippen LogP contribution in [-0.4, -0.2) is 37.1 Å². The first-order valence-electron chi connectivity index (χ1n) is 6.32. The molecule has 2 heteroatoms. The van der Waals surface area contributed by atoms with Gasteiger partial charge < -0.3 is 10.2 Å². The molecule has 82 valence electrons. The number of hydrogen-bond acceptors (Lipinski definition) is 2. The molecule has 2 fully saturated rings. The topological polar surface area (TPSA) is 15.3 Å². The molecule has 0 saturated carbocycles. The van der Waals surface area contributed by atoms with E-state index in [4.69, 9.17) is 0 Å². The highest BCUT2D eigenvalue weighted by Gasteiger charge is 2.25. The number of hydrogen-bond donors (Lipinski definition) is 1. The molecule has 0 aromatic carbocycles. The third-order valence-electron chi connectivity index (χ3n) is 3.98. The standard InChI is InChI=1S/C12H24N2/c1-11(12-6-5-7-13-10-12)14-8-3-2-4-9-14/h11-13H,2-10H2,1H3. The van der Waals surface area contributed by atoms with Gasteiger partial charge in [-0.2, -0.15) is 0 Å². The van der Waals surface area contributed by atoms with Crippen molar-refractivity contribution in [2.24, 2.45) is 5.92 Å². The second kappa shape index (κ2) is 5.13. The lowest BCUT2D eigenvalue weighted by molar-refractivity contribution is 0.115. The molecule has 0 aromatic rings. The van der Waals surface area contributed by atoms with E-state index in [2.05, 4.69) is 17.1 Å². The van der Waals surface area contributed by atoms with Gasteiger partial charge in [-0.25, -0.2) is 0 Å². The van der Waals surface area contributed by atoms with E-state index in [0.717, 1.165) is 12.0 Å². The van der Waals surface area contributed by atoms with Gasteiger partial charge in [-0.1, -0.05) is 6.42 Å². The van der Waals surface area contributed by atoms with Crippen molar-refractivity contribution in [1.82, 2.24) is 10.2 Å². The number of nitrogens with zero attached hydrogens (tertiary/aromatic N) is 1. The fraction of sp³-hybridized carbons (Fsp3) is 1.00. The Labute approximate surface area is 88.1 Å². The Morgan fingerprint density at radius 1 is 1.14 bits per heavy atom.